The van der Waals surface area contributed by atoms with Crippen LogP contribution in [-0.2, 0) is 4.74 Å². The van der Waals surface area contributed by atoms with E-state index >= 15 is 0 Å². The highest BCUT2D eigenvalue weighted by Gasteiger charge is 2.04. The molecule has 0 aliphatic heterocycles. The van der Waals surface area contributed by atoms with Gasteiger partial charge in [0.1, 0.15) is 5.82 Å². The molecule has 0 unspecified atom stereocenters. The summed E-state index contributed by atoms with van der Waals surface area (Å²) in [6.07, 6.45) is 3.46. The van der Waals surface area contributed by atoms with Crippen molar-refractivity contribution in [2.45, 2.75) is 19.8 Å². The van der Waals surface area contributed by atoms with Crippen LogP contribution in [0.5, 0.6) is 0 Å². The lowest BCUT2D eigenvalue weighted by molar-refractivity contribution is 0.0951. The van der Waals surface area contributed by atoms with Crippen molar-refractivity contribution in [1.29, 1.82) is 0 Å². The Balaban J connectivity index is 2.32. The van der Waals surface area contributed by atoms with E-state index in [1.54, 1.807) is 19.4 Å². The molecule has 0 bridgehead atoms. The molecule has 100 valence electrons. The summed E-state index contributed by atoms with van der Waals surface area (Å²) in [4.78, 5) is 15.9. The number of hydrogen-bond acceptors (Lipinski definition) is 4. The highest BCUT2D eigenvalue weighted by Crippen LogP contribution is 2.04. The molecule has 1 rings (SSSR count). The molecule has 0 spiro atoms. The molecule has 5 heteroatoms. The van der Waals surface area contributed by atoms with E-state index in [9.17, 15) is 4.79 Å². The molecule has 0 radical (unpaired) electrons. The number of anilines is 1. The fourth-order valence-corrected chi connectivity index (χ4v) is 1.49. The molecule has 0 saturated carbocycles. The lowest BCUT2D eigenvalue weighted by Gasteiger charge is -2.06. The van der Waals surface area contributed by atoms with Crippen LogP contribution in [0.1, 0.15) is 30.1 Å². The van der Waals surface area contributed by atoms with Crippen molar-refractivity contribution in [3.8, 4) is 0 Å². The van der Waals surface area contributed by atoms with E-state index in [1.165, 1.54) is 0 Å². The number of methoxy groups -OCH3 is 1. The predicted molar refractivity (Wildman–Crippen MR) is 71.8 cm³/mol. The zero-order chi connectivity index (χ0) is 13.2. The van der Waals surface area contributed by atoms with Crippen LogP contribution in [0.2, 0.25) is 0 Å². The number of nitrogens with zero attached hydrogens (tertiary/aromatic N) is 1. The van der Waals surface area contributed by atoms with E-state index in [0.29, 0.717) is 12.1 Å². The number of carbonyl (C=O) groups excluding carboxylic acids is 1. The summed E-state index contributed by atoms with van der Waals surface area (Å²) in [6, 6.07) is 3.58. The number of ether oxygens (including phenoxy) is 1. The molecule has 0 aliphatic carbocycles. The molecular weight excluding hydrogens is 230 g/mol. The Morgan fingerprint density at radius 1 is 1.39 bits per heavy atom. The van der Waals surface area contributed by atoms with E-state index in [0.717, 1.165) is 31.8 Å². The zero-order valence-corrected chi connectivity index (χ0v) is 11.0. The van der Waals surface area contributed by atoms with Crippen LogP contribution in [-0.4, -0.2) is 37.7 Å². The minimum atomic E-state index is -0.0806. The molecule has 1 heterocycles. The smallest absolute Gasteiger partial charge is 0.252 e. The third-order valence-corrected chi connectivity index (χ3v) is 2.44. The Morgan fingerprint density at radius 2 is 2.22 bits per heavy atom. The highest BCUT2D eigenvalue weighted by atomic mass is 16.5. The van der Waals surface area contributed by atoms with Crippen molar-refractivity contribution < 1.29 is 9.53 Å². The molecular formula is C13H21N3O2. The second kappa shape index (κ2) is 8.47. The monoisotopic (exact) mass is 251 g/mol. The van der Waals surface area contributed by atoms with Crippen LogP contribution in [0, 0.1) is 0 Å². The molecule has 0 aromatic carbocycles. The first-order valence-corrected chi connectivity index (χ1v) is 6.25. The van der Waals surface area contributed by atoms with Gasteiger partial charge in [0.2, 0.25) is 0 Å². The van der Waals surface area contributed by atoms with Gasteiger partial charge in [0, 0.05) is 33.0 Å². The lowest BCUT2D eigenvalue weighted by atomic mass is 10.2. The maximum atomic E-state index is 11.7. The van der Waals surface area contributed by atoms with Gasteiger partial charge in [0.05, 0.1) is 5.56 Å². The van der Waals surface area contributed by atoms with Gasteiger partial charge < -0.3 is 15.4 Å². The van der Waals surface area contributed by atoms with Crippen LogP contribution in [0.15, 0.2) is 18.3 Å². The van der Waals surface area contributed by atoms with Crippen LogP contribution in [0.25, 0.3) is 0 Å². The Morgan fingerprint density at radius 3 is 2.83 bits per heavy atom. The summed E-state index contributed by atoms with van der Waals surface area (Å²) >= 11 is 0. The Bertz CT molecular complexity index is 352. The second-order valence-corrected chi connectivity index (χ2v) is 3.92. The summed E-state index contributed by atoms with van der Waals surface area (Å²) in [5, 5.41) is 5.94. The van der Waals surface area contributed by atoms with Gasteiger partial charge in [-0.2, -0.15) is 0 Å². The maximum absolute atomic E-state index is 11.7. The lowest BCUT2D eigenvalue weighted by Crippen LogP contribution is -2.24. The molecule has 1 aromatic heterocycles. The van der Waals surface area contributed by atoms with Crippen molar-refractivity contribution in [3.63, 3.8) is 0 Å². The van der Waals surface area contributed by atoms with Crippen LogP contribution in [0.3, 0.4) is 0 Å². The Hall–Kier alpha value is -1.62. The number of aromatic nitrogens is 1. The van der Waals surface area contributed by atoms with Crippen molar-refractivity contribution in [2.24, 2.45) is 0 Å². The predicted octanol–water partition coefficient (Wildman–Crippen LogP) is 1.67. The van der Waals surface area contributed by atoms with Gasteiger partial charge in [0.25, 0.3) is 5.91 Å². The molecule has 1 amide bonds. The average Bonchev–Trinajstić information content (AvgIpc) is 2.39. The van der Waals surface area contributed by atoms with E-state index in [4.69, 9.17) is 4.74 Å². The first-order chi connectivity index (χ1) is 8.77. The molecule has 0 fully saturated rings. The van der Waals surface area contributed by atoms with E-state index in [1.807, 2.05) is 13.0 Å². The summed E-state index contributed by atoms with van der Waals surface area (Å²) in [6.45, 7) is 4.21. The average molecular weight is 251 g/mol. The zero-order valence-electron chi connectivity index (χ0n) is 11.0. The van der Waals surface area contributed by atoms with E-state index < -0.39 is 0 Å². The first kappa shape index (κ1) is 14.4. The molecule has 0 saturated heterocycles. The standard InChI is InChI=1S/C13H21N3O2/c1-3-14-12-7-6-11(10-16-12)13(17)15-8-4-5-9-18-2/h6-7,10H,3-5,8-9H2,1-2H3,(H,14,16)(H,15,17). The molecule has 1 aromatic rings. The second-order valence-electron chi connectivity index (χ2n) is 3.92. The van der Waals surface area contributed by atoms with Crippen LogP contribution < -0.4 is 10.6 Å². The molecule has 0 atom stereocenters. The SMILES string of the molecule is CCNc1ccc(C(=O)NCCCCOC)cn1. The number of rotatable bonds is 8. The third-order valence-electron chi connectivity index (χ3n) is 2.44. The third kappa shape index (κ3) is 5.14. The van der Waals surface area contributed by atoms with Gasteiger partial charge in [-0.15, -0.1) is 0 Å². The molecule has 5 nitrogen and oxygen atoms in total. The number of hydrogen-bond donors (Lipinski definition) is 2. The first-order valence-electron chi connectivity index (χ1n) is 6.25. The van der Waals surface area contributed by atoms with Crippen molar-refractivity contribution in [1.82, 2.24) is 10.3 Å². The van der Waals surface area contributed by atoms with Gasteiger partial charge >= 0.3 is 0 Å². The van der Waals surface area contributed by atoms with Gasteiger partial charge in [-0.05, 0) is 31.9 Å². The quantitative estimate of drug-likeness (QED) is 0.690. The van der Waals surface area contributed by atoms with Gasteiger partial charge in [0.15, 0.2) is 0 Å². The van der Waals surface area contributed by atoms with Crippen molar-refractivity contribution >= 4 is 11.7 Å². The number of carbonyl (C=O) groups is 1. The van der Waals surface area contributed by atoms with Crippen LogP contribution >= 0.6 is 0 Å². The number of unbranched alkanes of at least 4 members (excludes halogenated alkanes) is 1. The van der Waals surface area contributed by atoms with E-state index in [2.05, 4.69) is 15.6 Å². The van der Waals surface area contributed by atoms with E-state index in [-0.39, 0.29) is 5.91 Å². The summed E-state index contributed by atoms with van der Waals surface area (Å²) in [5.41, 5.74) is 0.586. The normalized spacial score (nSPS) is 10.1. The maximum Gasteiger partial charge on any atom is 0.252 e. The largest absolute Gasteiger partial charge is 0.385 e. The number of pyridine rings is 1. The Labute approximate surface area is 108 Å². The molecule has 18 heavy (non-hydrogen) atoms. The summed E-state index contributed by atoms with van der Waals surface area (Å²) in [7, 11) is 1.68. The van der Waals surface area contributed by atoms with Gasteiger partial charge in [-0.25, -0.2) is 4.98 Å². The minimum Gasteiger partial charge on any atom is -0.385 e. The fourth-order valence-electron chi connectivity index (χ4n) is 1.49. The fraction of sp³-hybridized carbons (Fsp3) is 0.538. The number of amides is 1. The number of nitrogens with one attached hydrogen (secondary N) is 2. The van der Waals surface area contributed by atoms with Gasteiger partial charge in [-0.3, -0.25) is 4.79 Å². The Kier molecular flexibility index (Phi) is 6.79. The molecule has 0 aliphatic rings. The highest BCUT2D eigenvalue weighted by molar-refractivity contribution is 5.93. The van der Waals surface area contributed by atoms with Gasteiger partial charge in [-0.1, -0.05) is 0 Å². The topological polar surface area (TPSA) is 63.2 Å². The van der Waals surface area contributed by atoms with Crippen LogP contribution in [0.4, 0.5) is 5.82 Å². The molecule has 2 N–H and O–H groups in total. The van der Waals surface area contributed by atoms with Crippen molar-refractivity contribution in [3.05, 3.63) is 23.9 Å². The minimum absolute atomic E-state index is 0.0806. The summed E-state index contributed by atoms with van der Waals surface area (Å²) < 4.78 is 4.94. The van der Waals surface area contributed by atoms with Crippen molar-refractivity contribution in [2.75, 3.05) is 32.1 Å². The summed E-state index contributed by atoms with van der Waals surface area (Å²) in [5.74, 6) is 0.706.